The Kier molecular flexibility index (Phi) is 5.30. The molecule has 1 unspecified atom stereocenters. The molecule has 0 saturated carbocycles. The number of carbonyl (C=O) groups is 1. The zero-order valence-electron chi connectivity index (χ0n) is 16.5. The van der Waals surface area contributed by atoms with Gasteiger partial charge in [-0.05, 0) is 63.7 Å². The van der Waals surface area contributed by atoms with Crippen molar-refractivity contribution < 1.29 is 4.79 Å². The molecule has 144 valence electrons. The van der Waals surface area contributed by atoms with Gasteiger partial charge in [0, 0.05) is 18.8 Å². The Morgan fingerprint density at radius 3 is 2.48 bits per heavy atom. The predicted molar refractivity (Wildman–Crippen MR) is 107 cm³/mol. The Bertz CT molecular complexity index is 777. The molecule has 0 spiro atoms. The third kappa shape index (κ3) is 4.08. The van der Waals surface area contributed by atoms with Crippen molar-refractivity contribution in [3.8, 4) is 0 Å². The van der Waals surface area contributed by atoms with Gasteiger partial charge in [-0.3, -0.25) is 14.4 Å². The first-order chi connectivity index (χ1) is 13.1. The van der Waals surface area contributed by atoms with Crippen molar-refractivity contribution in [1.29, 1.82) is 0 Å². The Balaban J connectivity index is 1.27. The molecule has 5 nitrogen and oxygen atoms in total. The average molecular weight is 367 g/mol. The highest BCUT2D eigenvalue weighted by atomic mass is 16.2. The van der Waals surface area contributed by atoms with Gasteiger partial charge >= 0.3 is 0 Å². The van der Waals surface area contributed by atoms with Crippen LogP contribution in [0.4, 0.5) is 0 Å². The number of benzene rings is 1. The van der Waals surface area contributed by atoms with Crippen LogP contribution in [0.25, 0.3) is 0 Å². The second kappa shape index (κ2) is 7.85. The first kappa shape index (κ1) is 18.2. The number of nitrogens with zero attached hydrogens (tertiary/aromatic N) is 4. The molecular weight excluding hydrogens is 336 g/mol. The van der Waals surface area contributed by atoms with Gasteiger partial charge in [0.05, 0.1) is 18.3 Å². The average Bonchev–Trinajstić information content (AvgIpc) is 3.29. The molecule has 1 amide bonds. The van der Waals surface area contributed by atoms with Crippen LogP contribution in [-0.4, -0.2) is 58.2 Å². The molecule has 1 aromatic carbocycles. The van der Waals surface area contributed by atoms with Gasteiger partial charge in [0.2, 0.25) is 5.91 Å². The van der Waals surface area contributed by atoms with E-state index in [1.165, 1.54) is 11.3 Å². The van der Waals surface area contributed by atoms with Crippen LogP contribution in [0.1, 0.15) is 48.2 Å². The molecule has 2 saturated heterocycles. The molecule has 2 fully saturated rings. The minimum atomic E-state index is 0.275. The fraction of sp³-hybridized carbons (Fsp3) is 0.545. The van der Waals surface area contributed by atoms with Gasteiger partial charge in [0.25, 0.3) is 0 Å². The Morgan fingerprint density at radius 2 is 1.81 bits per heavy atom. The van der Waals surface area contributed by atoms with Crippen molar-refractivity contribution in [2.75, 3.05) is 32.7 Å². The molecule has 27 heavy (non-hydrogen) atoms. The molecular formula is C22H30N4O. The number of carbonyl (C=O) groups excluding carboxylic acids is 1. The maximum absolute atomic E-state index is 12.8. The number of likely N-dealkylation sites (tertiary alicyclic amines) is 2. The summed E-state index contributed by atoms with van der Waals surface area (Å²) in [7, 11) is 0. The molecule has 0 aliphatic carbocycles. The fourth-order valence-electron chi connectivity index (χ4n) is 4.62. The van der Waals surface area contributed by atoms with E-state index in [-0.39, 0.29) is 5.91 Å². The van der Waals surface area contributed by atoms with E-state index < -0.39 is 0 Å². The molecule has 0 N–H and O–H groups in total. The van der Waals surface area contributed by atoms with Gasteiger partial charge in [0.15, 0.2) is 0 Å². The lowest BCUT2D eigenvalue weighted by molar-refractivity contribution is -0.131. The summed E-state index contributed by atoms with van der Waals surface area (Å²) in [6.07, 6.45) is 3.29. The molecule has 0 bridgehead atoms. The fourth-order valence-corrected chi connectivity index (χ4v) is 4.62. The summed E-state index contributed by atoms with van der Waals surface area (Å²) in [6, 6.07) is 13.2. The first-order valence-corrected chi connectivity index (χ1v) is 10.2. The van der Waals surface area contributed by atoms with Crippen LogP contribution in [0, 0.1) is 13.8 Å². The van der Waals surface area contributed by atoms with E-state index in [2.05, 4.69) is 58.0 Å². The molecule has 2 aliphatic rings. The van der Waals surface area contributed by atoms with Gasteiger partial charge in [0.1, 0.15) is 0 Å². The summed E-state index contributed by atoms with van der Waals surface area (Å²) in [6.45, 7) is 8.36. The molecule has 0 radical (unpaired) electrons. The summed E-state index contributed by atoms with van der Waals surface area (Å²) in [5.41, 5.74) is 3.68. The highest BCUT2D eigenvalue weighted by Gasteiger charge is 2.30. The number of rotatable bonds is 4. The van der Waals surface area contributed by atoms with Crippen molar-refractivity contribution in [2.45, 2.75) is 45.1 Å². The summed E-state index contributed by atoms with van der Waals surface area (Å²) in [4.78, 5) is 17.2. The van der Waals surface area contributed by atoms with Crippen molar-refractivity contribution in [3.63, 3.8) is 0 Å². The number of aromatic nitrogens is 2. The SMILES string of the molecule is Cc1cc(C)n(C2CCN(C(=O)CN3CCC(c4ccccc4)CC3)C2)n1. The molecule has 3 heterocycles. The van der Waals surface area contributed by atoms with E-state index in [9.17, 15) is 4.79 Å². The molecule has 2 aromatic rings. The quantitative estimate of drug-likeness (QED) is 0.835. The molecule has 1 atom stereocenters. The highest BCUT2D eigenvalue weighted by molar-refractivity contribution is 5.78. The van der Waals surface area contributed by atoms with Crippen LogP contribution in [0.5, 0.6) is 0 Å². The monoisotopic (exact) mass is 366 g/mol. The first-order valence-electron chi connectivity index (χ1n) is 10.2. The maximum Gasteiger partial charge on any atom is 0.236 e. The number of aryl methyl sites for hydroxylation is 2. The second-order valence-corrected chi connectivity index (χ2v) is 8.12. The van der Waals surface area contributed by atoms with E-state index in [4.69, 9.17) is 0 Å². The number of piperidine rings is 1. The van der Waals surface area contributed by atoms with Crippen LogP contribution in [0.3, 0.4) is 0 Å². The van der Waals surface area contributed by atoms with Gasteiger partial charge in [-0.25, -0.2) is 0 Å². The van der Waals surface area contributed by atoms with Gasteiger partial charge in [-0.15, -0.1) is 0 Å². The van der Waals surface area contributed by atoms with E-state index in [0.717, 1.165) is 51.1 Å². The van der Waals surface area contributed by atoms with E-state index in [1.54, 1.807) is 0 Å². The van der Waals surface area contributed by atoms with Gasteiger partial charge in [-0.1, -0.05) is 30.3 Å². The summed E-state index contributed by atoms with van der Waals surface area (Å²) >= 11 is 0. The molecule has 4 rings (SSSR count). The minimum absolute atomic E-state index is 0.275. The third-order valence-electron chi connectivity index (χ3n) is 6.12. The van der Waals surface area contributed by atoms with Crippen molar-refractivity contribution in [2.24, 2.45) is 0 Å². The number of amides is 1. The van der Waals surface area contributed by atoms with Crippen LogP contribution >= 0.6 is 0 Å². The van der Waals surface area contributed by atoms with E-state index in [1.807, 2.05) is 11.8 Å². The highest BCUT2D eigenvalue weighted by Crippen LogP contribution is 2.28. The van der Waals surface area contributed by atoms with Crippen LogP contribution in [0.2, 0.25) is 0 Å². The predicted octanol–water partition coefficient (Wildman–Crippen LogP) is 3.15. The number of hydrogen-bond donors (Lipinski definition) is 0. The lowest BCUT2D eigenvalue weighted by Crippen LogP contribution is -2.42. The van der Waals surface area contributed by atoms with Gasteiger partial charge in [-0.2, -0.15) is 5.10 Å². The minimum Gasteiger partial charge on any atom is -0.339 e. The van der Waals surface area contributed by atoms with Crippen LogP contribution < -0.4 is 0 Å². The summed E-state index contributed by atoms with van der Waals surface area (Å²) in [5, 5.41) is 4.61. The van der Waals surface area contributed by atoms with Crippen LogP contribution in [-0.2, 0) is 4.79 Å². The summed E-state index contributed by atoms with van der Waals surface area (Å²) < 4.78 is 2.11. The topological polar surface area (TPSA) is 41.4 Å². The molecule has 1 aromatic heterocycles. The largest absolute Gasteiger partial charge is 0.339 e. The zero-order valence-corrected chi connectivity index (χ0v) is 16.5. The summed E-state index contributed by atoms with van der Waals surface area (Å²) in [5.74, 6) is 0.914. The standard InChI is InChI=1S/C22H30N4O/c1-17-14-18(2)26(23-17)21-10-13-25(15-21)22(27)16-24-11-8-20(9-12-24)19-6-4-3-5-7-19/h3-7,14,20-21H,8-13,15-16H2,1-2H3. The maximum atomic E-state index is 12.8. The molecule has 2 aliphatic heterocycles. The van der Waals surface area contributed by atoms with E-state index in [0.29, 0.717) is 18.5 Å². The van der Waals surface area contributed by atoms with E-state index >= 15 is 0 Å². The lowest BCUT2D eigenvalue weighted by Gasteiger charge is -2.32. The Morgan fingerprint density at radius 1 is 1.07 bits per heavy atom. The van der Waals surface area contributed by atoms with Gasteiger partial charge < -0.3 is 4.90 Å². The second-order valence-electron chi connectivity index (χ2n) is 8.12. The van der Waals surface area contributed by atoms with Crippen LogP contribution in [0.15, 0.2) is 36.4 Å². The Hall–Kier alpha value is -2.14. The zero-order chi connectivity index (χ0) is 18.8. The van der Waals surface area contributed by atoms with Crippen molar-refractivity contribution in [3.05, 3.63) is 53.3 Å². The lowest BCUT2D eigenvalue weighted by atomic mass is 9.89. The normalized spacial score (nSPS) is 21.7. The van der Waals surface area contributed by atoms with Crippen molar-refractivity contribution in [1.82, 2.24) is 19.6 Å². The number of hydrogen-bond acceptors (Lipinski definition) is 3. The molecule has 5 heteroatoms. The third-order valence-corrected chi connectivity index (χ3v) is 6.12. The smallest absolute Gasteiger partial charge is 0.236 e. The Labute approximate surface area is 162 Å². The van der Waals surface area contributed by atoms with Crippen molar-refractivity contribution >= 4 is 5.91 Å².